The van der Waals surface area contributed by atoms with Crippen molar-refractivity contribution < 1.29 is 14.3 Å². The van der Waals surface area contributed by atoms with Crippen molar-refractivity contribution in [1.29, 1.82) is 0 Å². The highest BCUT2D eigenvalue weighted by Crippen LogP contribution is 2.16. The molecule has 30 heavy (non-hydrogen) atoms. The first-order chi connectivity index (χ1) is 14.4. The second kappa shape index (κ2) is 9.52. The summed E-state index contributed by atoms with van der Waals surface area (Å²) in [7, 11) is 3.87. The van der Waals surface area contributed by atoms with Gasteiger partial charge in [0.2, 0.25) is 0 Å². The number of nitrogens with one attached hydrogen (secondary N) is 1. The predicted octanol–water partition coefficient (Wildman–Crippen LogP) is 4.04. The third-order valence-corrected chi connectivity index (χ3v) is 4.40. The molecule has 0 unspecified atom stereocenters. The predicted molar refractivity (Wildman–Crippen MR) is 118 cm³/mol. The summed E-state index contributed by atoms with van der Waals surface area (Å²) in [6.45, 7) is 1.96. The summed E-state index contributed by atoms with van der Waals surface area (Å²) in [5.41, 5.74) is 6.35. The lowest BCUT2D eigenvalue weighted by Crippen LogP contribution is -2.17. The normalized spacial score (nSPS) is 10.6. The molecule has 0 aromatic heterocycles. The number of hydrogen-bond acceptors (Lipinski definition) is 5. The maximum atomic E-state index is 12.3. The molecule has 1 amide bonds. The quantitative estimate of drug-likeness (QED) is 0.293. The van der Waals surface area contributed by atoms with Crippen LogP contribution in [0.15, 0.2) is 77.9 Å². The largest absolute Gasteiger partial charge is 0.423 e. The Morgan fingerprint density at radius 3 is 2.07 bits per heavy atom. The third kappa shape index (κ3) is 5.54. The molecule has 0 aliphatic heterocycles. The monoisotopic (exact) mass is 401 g/mol. The van der Waals surface area contributed by atoms with E-state index >= 15 is 0 Å². The number of ether oxygens (including phenoxy) is 1. The minimum Gasteiger partial charge on any atom is -0.423 e. The summed E-state index contributed by atoms with van der Waals surface area (Å²) < 4.78 is 5.40. The molecule has 0 heterocycles. The molecule has 0 fully saturated rings. The molecule has 0 saturated heterocycles. The highest BCUT2D eigenvalue weighted by atomic mass is 16.5. The Hall–Kier alpha value is -3.93. The second-order valence-electron chi connectivity index (χ2n) is 6.97. The van der Waals surface area contributed by atoms with Crippen LogP contribution in [0.5, 0.6) is 5.75 Å². The number of anilines is 1. The number of benzene rings is 3. The van der Waals surface area contributed by atoms with Gasteiger partial charge in [-0.3, -0.25) is 4.79 Å². The van der Waals surface area contributed by atoms with E-state index in [9.17, 15) is 9.59 Å². The summed E-state index contributed by atoms with van der Waals surface area (Å²) in [6, 6.07) is 21.3. The Labute approximate surface area is 175 Å². The van der Waals surface area contributed by atoms with E-state index in [1.807, 2.05) is 50.2 Å². The van der Waals surface area contributed by atoms with Crippen LogP contribution in [0.1, 0.15) is 31.8 Å². The fraction of sp³-hybridized carbons (Fsp3) is 0.125. The first-order valence-corrected chi connectivity index (χ1v) is 9.42. The van der Waals surface area contributed by atoms with Crippen LogP contribution in [-0.4, -0.2) is 32.2 Å². The van der Waals surface area contributed by atoms with Gasteiger partial charge in [0, 0.05) is 25.3 Å². The van der Waals surface area contributed by atoms with Gasteiger partial charge < -0.3 is 9.64 Å². The molecule has 0 radical (unpaired) electrons. The molecule has 0 bridgehead atoms. The summed E-state index contributed by atoms with van der Waals surface area (Å²) in [5, 5.41) is 3.96. The van der Waals surface area contributed by atoms with Gasteiger partial charge in [-0.05, 0) is 73.2 Å². The molecule has 3 aromatic carbocycles. The van der Waals surface area contributed by atoms with Crippen LogP contribution in [0.4, 0.5) is 5.69 Å². The Kier molecular flexibility index (Phi) is 6.60. The molecule has 0 spiro atoms. The van der Waals surface area contributed by atoms with Crippen LogP contribution < -0.4 is 15.1 Å². The van der Waals surface area contributed by atoms with E-state index in [1.165, 1.54) is 6.21 Å². The second-order valence-corrected chi connectivity index (χ2v) is 6.97. The number of hydrazone groups is 1. The minimum atomic E-state index is -0.424. The van der Waals surface area contributed by atoms with E-state index in [0.29, 0.717) is 16.9 Å². The minimum absolute atomic E-state index is 0.280. The van der Waals surface area contributed by atoms with E-state index in [0.717, 1.165) is 16.8 Å². The van der Waals surface area contributed by atoms with Crippen LogP contribution in [0, 0.1) is 6.92 Å². The molecule has 3 rings (SSSR count). The Balaban J connectivity index is 1.55. The molecule has 3 aromatic rings. The summed E-state index contributed by atoms with van der Waals surface area (Å²) >= 11 is 0. The maximum Gasteiger partial charge on any atom is 0.343 e. The highest BCUT2D eigenvalue weighted by Gasteiger charge is 2.09. The molecule has 0 saturated carbocycles. The van der Waals surface area contributed by atoms with Gasteiger partial charge in [-0.25, -0.2) is 10.2 Å². The number of amides is 1. The first-order valence-electron chi connectivity index (χ1n) is 9.42. The van der Waals surface area contributed by atoms with Crippen molar-refractivity contribution in [3.8, 4) is 5.75 Å². The number of nitrogens with zero attached hydrogens (tertiary/aromatic N) is 2. The van der Waals surface area contributed by atoms with Gasteiger partial charge in [-0.1, -0.05) is 17.7 Å². The number of carbonyl (C=O) groups is 2. The van der Waals surface area contributed by atoms with Gasteiger partial charge in [0.05, 0.1) is 11.8 Å². The lowest BCUT2D eigenvalue weighted by atomic mass is 10.1. The number of carbonyl (C=O) groups excluding carboxylic acids is 2. The Morgan fingerprint density at radius 1 is 0.867 bits per heavy atom. The molecule has 0 aliphatic rings. The van der Waals surface area contributed by atoms with Crippen molar-refractivity contribution in [2.45, 2.75) is 6.92 Å². The zero-order valence-corrected chi connectivity index (χ0v) is 17.1. The zero-order valence-electron chi connectivity index (χ0n) is 17.1. The first kappa shape index (κ1) is 20.8. The Bertz CT molecular complexity index is 1040. The van der Waals surface area contributed by atoms with Crippen molar-refractivity contribution >= 4 is 23.8 Å². The summed E-state index contributed by atoms with van der Waals surface area (Å²) in [6.07, 6.45) is 1.53. The fourth-order valence-corrected chi connectivity index (χ4v) is 2.62. The van der Waals surface area contributed by atoms with Gasteiger partial charge in [0.15, 0.2) is 0 Å². The molecule has 0 atom stereocenters. The molecular weight excluding hydrogens is 378 g/mol. The van der Waals surface area contributed by atoms with Crippen LogP contribution in [0.25, 0.3) is 0 Å². The van der Waals surface area contributed by atoms with Crippen LogP contribution in [-0.2, 0) is 0 Å². The van der Waals surface area contributed by atoms with Crippen molar-refractivity contribution in [2.24, 2.45) is 5.10 Å². The van der Waals surface area contributed by atoms with Crippen LogP contribution in [0.3, 0.4) is 0 Å². The smallest absolute Gasteiger partial charge is 0.343 e. The van der Waals surface area contributed by atoms with Gasteiger partial charge in [0.25, 0.3) is 5.91 Å². The number of aryl methyl sites for hydroxylation is 1. The molecular formula is C24H23N3O3. The Morgan fingerprint density at radius 2 is 1.47 bits per heavy atom. The van der Waals surface area contributed by atoms with E-state index in [4.69, 9.17) is 4.74 Å². The summed E-state index contributed by atoms with van der Waals surface area (Å²) in [4.78, 5) is 26.3. The van der Waals surface area contributed by atoms with Crippen molar-refractivity contribution in [3.63, 3.8) is 0 Å². The molecule has 0 aliphatic carbocycles. The lowest BCUT2D eigenvalue weighted by Gasteiger charge is -2.12. The van der Waals surface area contributed by atoms with Crippen molar-refractivity contribution in [3.05, 3.63) is 95.1 Å². The van der Waals surface area contributed by atoms with Crippen molar-refractivity contribution in [2.75, 3.05) is 19.0 Å². The average molecular weight is 401 g/mol. The molecule has 6 nitrogen and oxygen atoms in total. The number of rotatable bonds is 6. The topological polar surface area (TPSA) is 71.0 Å². The van der Waals surface area contributed by atoms with Crippen molar-refractivity contribution in [1.82, 2.24) is 5.43 Å². The van der Waals surface area contributed by atoms with Gasteiger partial charge in [0.1, 0.15) is 5.75 Å². The SMILES string of the molecule is Cc1ccc(C(=O)NN=Cc2ccc(OC(=O)c3ccc(N(C)C)cc3)cc2)cc1. The zero-order chi connectivity index (χ0) is 21.5. The highest BCUT2D eigenvalue weighted by molar-refractivity contribution is 5.95. The van der Waals surface area contributed by atoms with Crippen LogP contribution >= 0.6 is 0 Å². The number of hydrogen-bond donors (Lipinski definition) is 1. The molecule has 1 N–H and O–H groups in total. The fourth-order valence-electron chi connectivity index (χ4n) is 2.62. The van der Waals surface area contributed by atoms with Gasteiger partial charge in [-0.2, -0.15) is 5.10 Å². The number of esters is 1. The van der Waals surface area contributed by atoms with E-state index < -0.39 is 5.97 Å². The van der Waals surface area contributed by atoms with E-state index in [1.54, 1.807) is 48.5 Å². The molecule has 6 heteroatoms. The summed E-state index contributed by atoms with van der Waals surface area (Å²) in [5.74, 6) is -0.276. The van der Waals surface area contributed by atoms with Gasteiger partial charge >= 0.3 is 5.97 Å². The van der Waals surface area contributed by atoms with E-state index in [-0.39, 0.29) is 5.91 Å². The van der Waals surface area contributed by atoms with Gasteiger partial charge in [-0.15, -0.1) is 0 Å². The van der Waals surface area contributed by atoms with Crippen LogP contribution in [0.2, 0.25) is 0 Å². The van der Waals surface area contributed by atoms with E-state index in [2.05, 4.69) is 10.5 Å². The maximum absolute atomic E-state index is 12.3. The molecule has 152 valence electrons. The standard InChI is InChI=1S/C24H23N3O3/c1-17-4-8-19(9-5-17)23(28)26-25-16-18-6-14-22(15-7-18)30-24(29)20-10-12-21(13-11-20)27(2)3/h4-16H,1-3H3,(H,26,28). The third-order valence-electron chi connectivity index (χ3n) is 4.40. The lowest BCUT2D eigenvalue weighted by molar-refractivity contribution is 0.0734. The average Bonchev–Trinajstić information content (AvgIpc) is 2.75.